The highest BCUT2D eigenvalue weighted by Gasteiger charge is 2.17. The summed E-state index contributed by atoms with van der Waals surface area (Å²) in [4.78, 5) is 2.85. The lowest BCUT2D eigenvalue weighted by atomic mass is 10.1. The third kappa shape index (κ3) is 2.44. The fourth-order valence-electron chi connectivity index (χ4n) is 2.51. The van der Waals surface area contributed by atoms with E-state index in [0.717, 1.165) is 19.3 Å². The fourth-order valence-corrected chi connectivity index (χ4v) is 3.58. The standard InChI is InChI=1S/C14H16N2O3S/c17-9-13-7-14(8-15-13)20(18,19)16-12-5-4-10-2-1-3-11(10)6-12/h4-8,15-17H,1-3,9H2. The first-order valence-corrected chi connectivity index (χ1v) is 7.99. The molecule has 1 heterocycles. The molecule has 0 atom stereocenters. The highest BCUT2D eigenvalue weighted by molar-refractivity contribution is 7.92. The fraction of sp³-hybridized carbons (Fsp3) is 0.286. The number of rotatable bonds is 4. The van der Waals surface area contributed by atoms with Crippen LogP contribution >= 0.6 is 0 Å². The predicted molar refractivity (Wildman–Crippen MR) is 76.0 cm³/mol. The zero-order chi connectivity index (χ0) is 14.2. The number of H-pyrrole nitrogens is 1. The van der Waals surface area contributed by atoms with E-state index in [9.17, 15) is 8.42 Å². The molecule has 0 bridgehead atoms. The van der Waals surface area contributed by atoms with Gasteiger partial charge in [0.1, 0.15) is 4.90 Å². The van der Waals surface area contributed by atoms with Crippen LogP contribution in [0.25, 0.3) is 0 Å². The maximum absolute atomic E-state index is 12.2. The molecule has 3 N–H and O–H groups in total. The number of nitrogens with one attached hydrogen (secondary N) is 2. The number of anilines is 1. The number of benzene rings is 1. The van der Waals surface area contributed by atoms with Crippen molar-refractivity contribution in [3.05, 3.63) is 47.3 Å². The molecule has 2 aromatic rings. The molecular weight excluding hydrogens is 276 g/mol. The quantitative estimate of drug-likeness (QED) is 0.803. The number of aliphatic hydroxyl groups is 1. The molecule has 3 rings (SSSR count). The SMILES string of the molecule is O=S(=O)(Nc1ccc2c(c1)CCC2)c1c[nH]c(CO)c1. The summed E-state index contributed by atoms with van der Waals surface area (Å²) in [5, 5.41) is 8.97. The van der Waals surface area contributed by atoms with Crippen LogP contribution in [0.2, 0.25) is 0 Å². The van der Waals surface area contributed by atoms with Gasteiger partial charge in [0.15, 0.2) is 0 Å². The van der Waals surface area contributed by atoms with E-state index in [-0.39, 0.29) is 11.5 Å². The van der Waals surface area contributed by atoms with Crippen molar-refractivity contribution in [2.45, 2.75) is 30.8 Å². The third-order valence-electron chi connectivity index (χ3n) is 3.55. The largest absolute Gasteiger partial charge is 0.390 e. The topological polar surface area (TPSA) is 82.2 Å². The minimum Gasteiger partial charge on any atom is -0.390 e. The summed E-state index contributed by atoms with van der Waals surface area (Å²) in [6, 6.07) is 7.10. The summed E-state index contributed by atoms with van der Waals surface area (Å²) in [6.45, 7) is -0.214. The monoisotopic (exact) mass is 292 g/mol. The first kappa shape index (κ1) is 13.2. The number of aromatic amines is 1. The van der Waals surface area contributed by atoms with Crippen LogP contribution in [-0.4, -0.2) is 18.5 Å². The minimum absolute atomic E-state index is 0.127. The molecule has 0 saturated carbocycles. The molecule has 106 valence electrons. The van der Waals surface area contributed by atoms with Crippen LogP contribution in [-0.2, 0) is 29.5 Å². The molecule has 0 fully saturated rings. The van der Waals surface area contributed by atoms with Crippen LogP contribution in [0, 0.1) is 0 Å². The Kier molecular flexibility index (Phi) is 3.27. The minimum atomic E-state index is -3.61. The van der Waals surface area contributed by atoms with Crippen LogP contribution in [0.5, 0.6) is 0 Å². The van der Waals surface area contributed by atoms with Gasteiger partial charge >= 0.3 is 0 Å². The smallest absolute Gasteiger partial charge is 0.263 e. The average Bonchev–Trinajstić information content (AvgIpc) is 3.06. The molecule has 1 aliphatic rings. The number of sulfonamides is 1. The molecule has 5 nitrogen and oxygen atoms in total. The Bertz CT molecular complexity index is 735. The van der Waals surface area contributed by atoms with Crippen LogP contribution in [0.1, 0.15) is 23.2 Å². The molecule has 0 aliphatic heterocycles. The number of hydrogen-bond acceptors (Lipinski definition) is 3. The Morgan fingerprint density at radius 3 is 2.75 bits per heavy atom. The van der Waals surface area contributed by atoms with E-state index >= 15 is 0 Å². The van der Waals surface area contributed by atoms with Crippen molar-refractivity contribution in [2.75, 3.05) is 4.72 Å². The van der Waals surface area contributed by atoms with E-state index in [0.29, 0.717) is 11.4 Å². The van der Waals surface area contributed by atoms with Gasteiger partial charge in [-0.25, -0.2) is 8.42 Å². The van der Waals surface area contributed by atoms with Crippen molar-refractivity contribution in [1.29, 1.82) is 0 Å². The maximum atomic E-state index is 12.2. The van der Waals surface area contributed by atoms with Gasteiger partial charge in [0, 0.05) is 17.6 Å². The average molecular weight is 292 g/mol. The molecule has 0 amide bonds. The molecule has 6 heteroatoms. The Morgan fingerprint density at radius 2 is 2.00 bits per heavy atom. The van der Waals surface area contributed by atoms with E-state index in [1.54, 1.807) is 6.07 Å². The van der Waals surface area contributed by atoms with Crippen molar-refractivity contribution < 1.29 is 13.5 Å². The van der Waals surface area contributed by atoms with E-state index in [1.165, 1.54) is 23.4 Å². The second kappa shape index (κ2) is 4.96. The maximum Gasteiger partial charge on any atom is 0.263 e. The lowest BCUT2D eigenvalue weighted by Gasteiger charge is -2.08. The van der Waals surface area contributed by atoms with Crippen molar-refractivity contribution in [2.24, 2.45) is 0 Å². The van der Waals surface area contributed by atoms with Gasteiger partial charge in [0.05, 0.1) is 6.61 Å². The Morgan fingerprint density at radius 1 is 1.20 bits per heavy atom. The highest BCUT2D eigenvalue weighted by Crippen LogP contribution is 2.26. The van der Waals surface area contributed by atoms with Gasteiger partial charge in [-0.1, -0.05) is 6.07 Å². The lowest BCUT2D eigenvalue weighted by Crippen LogP contribution is -2.12. The first-order chi connectivity index (χ1) is 9.58. The number of aryl methyl sites for hydroxylation is 2. The molecule has 0 saturated heterocycles. The van der Waals surface area contributed by atoms with Crippen LogP contribution in [0.4, 0.5) is 5.69 Å². The number of hydrogen-bond donors (Lipinski definition) is 3. The molecule has 0 spiro atoms. The van der Waals surface area contributed by atoms with E-state index in [4.69, 9.17) is 5.11 Å². The summed E-state index contributed by atoms with van der Waals surface area (Å²) in [5.74, 6) is 0. The Labute approximate surface area is 117 Å². The van der Waals surface area contributed by atoms with Gasteiger partial charge in [-0.15, -0.1) is 0 Å². The second-order valence-electron chi connectivity index (χ2n) is 4.96. The number of fused-ring (bicyclic) bond motifs is 1. The molecule has 0 radical (unpaired) electrons. The Balaban J connectivity index is 1.86. The summed E-state index contributed by atoms with van der Waals surface area (Å²) in [7, 11) is -3.61. The van der Waals surface area contributed by atoms with E-state index < -0.39 is 10.0 Å². The van der Waals surface area contributed by atoms with Crippen LogP contribution in [0.15, 0.2) is 35.4 Å². The summed E-state index contributed by atoms with van der Waals surface area (Å²) >= 11 is 0. The zero-order valence-corrected chi connectivity index (χ0v) is 11.7. The normalized spacial score (nSPS) is 14.2. The molecule has 1 aromatic carbocycles. The molecule has 1 aliphatic carbocycles. The number of aromatic nitrogens is 1. The van der Waals surface area contributed by atoms with E-state index in [2.05, 4.69) is 9.71 Å². The Hall–Kier alpha value is -1.79. The van der Waals surface area contributed by atoms with Gasteiger partial charge in [0.25, 0.3) is 10.0 Å². The van der Waals surface area contributed by atoms with Gasteiger partial charge in [-0.3, -0.25) is 4.72 Å². The summed E-state index contributed by atoms with van der Waals surface area (Å²) in [6.07, 6.45) is 4.58. The predicted octanol–water partition coefficient (Wildman–Crippen LogP) is 1.80. The van der Waals surface area contributed by atoms with Gasteiger partial charge < -0.3 is 10.1 Å². The first-order valence-electron chi connectivity index (χ1n) is 6.51. The van der Waals surface area contributed by atoms with Crippen molar-refractivity contribution in [1.82, 2.24) is 4.98 Å². The summed E-state index contributed by atoms with van der Waals surface area (Å²) < 4.78 is 27.0. The van der Waals surface area contributed by atoms with Crippen LogP contribution in [0.3, 0.4) is 0 Å². The van der Waals surface area contributed by atoms with Crippen molar-refractivity contribution in [3.8, 4) is 0 Å². The highest BCUT2D eigenvalue weighted by atomic mass is 32.2. The molecule has 0 unspecified atom stereocenters. The molecule has 20 heavy (non-hydrogen) atoms. The van der Waals surface area contributed by atoms with Crippen LogP contribution < -0.4 is 4.72 Å². The number of aliphatic hydroxyl groups excluding tert-OH is 1. The van der Waals surface area contributed by atoms with Crippen molar-refractivity contribution in [3.63, 3.8) is 0 Å². The van der Waals surface area contributed by atoms with E-state index in [1.807, 2.05) is 12.1 Å². The van der Waals surface area contributed by atoms with Crippen molar-refractivity contribution >= 4 is 15.7 Å². The lowest BCUT2D eigenvalue weighted by molar-refractivity contribution is 0.277. The zero-order valence-electron chi connectivity index (χ0n) is 10.9. The van der Waals surface area contributed by atoms with Gasteiger partial charge in [-0.2, -0.15) is 0 Å². The summed E-state index contributed by atoms with van der Waals surface area (Å²) in [5.41, 5.74) is 3.57. The molecule has 1 aromatic heterocycles. The third-order valence-corrected chi connectivity index (χ3v) is 4.91. The van der Waals surface area contributed by atoms with Gasteiger partial charge in [0.2, 0.25) is 0 Å². The van der Waals surface area contributed by atoms with Gasteiger partial charge in [-0.05, 0) is 48.6 Å². The second-order valence-corrected chi connectivity index (χ2v) is 6.64. The molecular formula is C14H16N2O3S.